The van der Waals surface area contributed by atoms with Crippen LogP contribution in [0.2, 0.25) is 0 Å². The highest BCUT2D eigenvalue weighted by Crippen LogP contribution is 2.26. The van der Waals surface area contributed by atoms with E-state index in [9.17, 15) is 9.59 Å². The van der Waals surface area contributed by atoms with Gasteiger partial charge in [0.2, 0.25) is 5.91 Å². The van der Waals surface area contributed by atoms with Crippen molar-refractivity contribution in [1.29, 1.82) is 0 Å². The molecule has 0 radical (unpaired) electrons. The van der Waals surface area contributed by atoms with Gasteiger partial charge in [-0.2, -0.15) is 0 Å². The van der Waals surface area contributed by atoms with Crippen molar-refractivity contribution in [3.63, 3.8) is 0 Å². The zero-order valence-electron chi connectivity index (χ0n) is 14.1. The molecule has 0 bridgehead atoms. The zero-order valence-corrected chi connectivity index (χ0v) is 15.8. The van der Waals surface area contributed by atoms with Crippen molar-refractivity contribution < 1.29 is 9.59 Å². The van der Waals surface area contributed by atoms with Gasteiger partial charge in [0.05, 0.1) is 21.5 Å². The fourth-order valence-electron chi connectivity index (χ4n) is 2.86. The molecule has 0 atom stereocenters. The Morgan fingerprint density at radius 2 is 2.04 bits per heavy atom. The highest BCUT2D eigenvalue weighted by molar-refractivity contribution is 7.12. The molecule has 1 aromatic carbocycles. The molecule has 1 saturated heterocycles. The summed E-state index contributed by atoms with van der Waals surface area (Å²) < 4.78 is 0. The molecule has 7 heteroatoms. The van der Waals surface area contributed by atoms with Gasteiger partial charge in [0, 0.05) is 29.7 Å². The molecule has 1 aliphatic rings. The van der Waals surface area contributed by atoms with Gasteiger partial charge in [-0.1, -0.05) is 18.2 Å². The minimum atomic E-state index is -0.163. The van der Waals surface area contributed by atoms with E-state index in [4.69, 9.17) is 0 Å². The molecule has 5 nitrogen and oxygen atoms in total. The van der Waals surface area contributed by atoms with Crippen LogP contribution < -0.4 is 5.32 Å². The molecule has 132 valence electrons. The van der Waals surface area contributed by atoms with Crippen molar-refractivity contribution in [3.8, 4) is 11.3 Å². The molecule has 0 spiro atoms. The first kappa shape index (κ1) is 16.9. The van der Waals surface area contributed by atoms with Crippen LogP contribution in [0.3, 0.4) is 0 Å². The number of hydrogen-bond donors (Lipinski definition) is 1. The Kier molecular flexibility index (Phi) is 4.57. The Morgan fingerprint density at radius 1 is 1.19 bits per heavy atom. The van der Waals surface area contributed by atoms with E-state index in [-0.39, 0.29) is 17.7 Å². The smallest absolute Gasteiger partial charge is 0.263 e. The SMILES string of the molecule is Cc1nc(-c2cccc(NC(=O)C3CN(C(=O)c4cccs4)C3)c2)cs1. The van der Waals surface area contributed by atoms with E-state index in [2.05, 4.69) is 10.3 Å². The number of nitrogens with one attached hydrogen (secondary N) is 1. The molecule has 0 aliphatic carbocycles. The topological polar surface area (TPSA) is 62.3 Å². The number of thiazole rings is 1. The molecule has 0 saturated carbocycles. The van der Waals surface area contributed by atoms with Crippen LogP contribution in [0.1, 0.15) is 14.7 Å². The van der Waals surface area contributed by atoms with Gasteiger partial charge in [-0.3, -0.25) is 9.59 Å². The molecule has 3 heterocycles. The second-order valence-corrected chi connectivity index (χ2v) is 8.22. The number of likely N-dealkylation sites (tertiary alicyclic amines) is 1. The second-order valence-electron chi connectivity index (χ2n) is 6.21. The number of aromatic nitrogens is 1. The maximum absolute atomic E-state index is 12.4. The Balaban J connectivity index is 1.37. The Hall–Kier alpha value is -2.51. The summed E-state index contributed by atoms with van der Waals surface area (Å²) in [5.74, 6) is -0.208. The lowest BCUT2D eigenvalue weighted by molar-refractivity contribution is -0.123. The van der Waals surface area contributed by atoms with Crippen molar-refractivity contribution in [2.24, 2.45) is 5.92 Å². The number of nitrogens with zero attached hydrogens (tertiary/aromatic N) is 2. The Bertz CT molecular complexity index is 943. The fourth-order valence-corrected chi connectivity index (χ4v) is 4.18. The van der Waals surface area contributed by atoms with Crippen molar-refractivity contribution in [2.45, 2.75) is 6.92 Å². The number of anilines is 1. The lowest BCUT2D eigenvalue weighted by Gasteiger charge is -2.37. The van der Waals surface area contributed by atoms with Gasteiger partial charge in [-0.15, -0.1) is 22.7 Å². The Labute approximate surface area is 159 Å². The van der Waals surface area contributed by atoms with Gasteiger partial charge in [-0.05, 0) is 30.5 Å². The van der Waals surface area contributed by atoms with Crippen LogP contribution in [0.15, 0.2) is 47.2 Å². The predicted molar refractivity (Wildman–Crippen MR) is 105 cm³/mol. The zero-order chi connectivity index (χ0) is 18.1. The fraction of sp³-hybridized carbons (Fsp3) is 0.211. The van der Waals surface area contributed by atoms with Gasteiger partial charge < -0.3 is 10.2 Å². The predicted octanol–water partition coefficient (Wildman–Crippen LogP) is 3.89. The highest BCUT2D eigenvalue weighted by atomic mass is 32.1. The van der Waals surface area contributed by atoms with Crippen LogP contribution in [-0.2, 0) is 4.79 Å². The molecule has 4 rings (SSSR count). The normalized spacial score (nSPS) is 14.1. The maximum Gasteiger partial charge on any atom is 0.263 e. The van der Waals surface area contributed by atoms with E-state index < -0.39 is 0 Å². The van der Waals surface area contributed by atoms with Crippen LogP contribution in [-0.4, -0.2) is 34.8 Å². The number of hydrogen-bond acceptors (Lipinski definition) is 5. The van der Waals surface area contributed by atoms with Gasteiger partial charge in [-0.25, -0.2) is 4.98 Å². The van der Waals surface area contributed by atoms with Crippen LogP contribution in [0.25, 0.3) is 11.3 Å². The molecule has 1 N–H and O–H groups in total. The van der Waals surface area contributed by atoms with Gasteiger partial charge in [0.25, 0.3) is 5.91 Å². The first-order valence-electron chi connectivity index (χ1n) is 8.26. The van der Waals surface area contributed by atoms with Crippen molar-refractivity contribution in [1.82, 2.24) is 9.88 Å². The minimum absolute atomic E-state index is 0.00458. The number of aryl methyl sites for hydroxylation is 1. The Morgan fingerprint density at radius 3 is 2.73 bits per heavy atom. The van der Waals surface area contributed by atoms with Gasteiger partial charge in [0.15, 0.2) is 0 Å². The van der Waals surface area contributed by atoms with Crippen molar-refractivity contribution >= 4 is 40.2 Å². The van der Waals surface area contributed by atoms with Crippen LogP contribution in [0, 0.1) is 12.8 Å². The largest absolute Gasteiger partial charge is 0.336 e. The number of carbonyl (C=O) groups excluding carboxylic acids is 2. The summed E-state index contributed by atoms with van der Waals surface area (Å²) >= 11 is 3.03. The van der Waals surface area contributed by atoms with Crippen LogP contribution in [0.4, 0.5) is 5.69 Å². The van der Waals surface area contributed by atoms with Crippen molar-refractivity contribution in [3.05, 3.63) is 57.0 Å². The molecular weight excluding hydrogens is 366 g/mol. The first-order chi connectivity index (χ1) is 12.6. The summed E-state index contributed by atoms with van der Waals surface area (Å²) in [5, 5.41) is 7.86. The van der Waals surface area contributed by atoms with Gasteiger partial charge >= 0.3 is 0 Å². The minimum Gasteiger partial charge on any atom is -0.336 e. The van der Waals surface area contributed by atoms with E-state index in [0.717, 1.165) is 26.8 Å². The molecule has 2 aromatic heterocycles. The molecule has 2 amide bonds. The van der Waals surface area contributed by atoms with Crippen LogP contribution in [0.5, 0.6) is 0 Å². The number of rotatable bonds is 4. The van der Waals surface area contributed by atoms with E-state index in [1.54, 1.807) is 16.2 Å². The van der Waals surface area contributed by atoms with E-state index in [1.165, 1.54) is 11.3 Å². The number of thiophene rings is 1. The summed E-state index contributed by atoms with van der Waals surface area (Å²) in [6.07, 6.45) is 0. The second kappa shape index (κ2) is 7.01. The lowest BCUT2D eigenvalue weighted by atomic mass is 9.98. The summed E-state index contributed by atoms with van der Waals surface area (Å²) in [6, 6.07) is 11.4. The van der Waals surface area contributed by atoms with Crippen LogP contribution >= 0.6 is 22.7 Å². The molecule has 3 aromatic rings. The summed E-state index contributed by atoms with van der Waals surface area (Å²) in [5.41, 5.74) is 2.65. The molecular formula is C19H17N3O2S2. The molecule has 0 unspecified atom stereocenters. The van der Waals surface area contributed by atoms with Gasteiger partial charge in [0.1, 0.15) is 0 Å². The maximum atomic E-state index is 12.4. The number of amides is 2. The first-order valence-corrected chi connectivity index (χ1v) is 10.0. The van der Waals surface area contributed by atoms with E-state index >= 15 is 0 Å². The third kappa shape index (κ3) is 3.40. The molecule has 1 aliphatic heterocycles. The average Bonchev–Trinajstić information content (AvgIpc) is 3.25. The third-order valence-electron chi connectivity index (χ3n) is 4.32. The summed E-state index contributed by atoms with van der Waals surface area (Å²) in [4.78, 5) is 31.6. The lowest BCUT2D eigenvalue weighted by Crippen LogP contribution is -2.54. The molecule has 26 heavy (non-hydrogen) atoms. The summed E-state index contributed by atoms with van der Waals surface area (Å²) in [6.45, 7) is 2.90. The van der Waals surface area contributed by atoms with E-state index in [0.29, 0.717) is 13.1 Å². The number of benzene rings is 1. The average molecular weight is 383 g/mol. The monoisotopic (exact) mass is 383 g/mol. The third-order valence-corrected chi connectivity index (χ3v) is 5.95. The quantitative estimate of drug-likeness (QED) is 0.743. The van der Waals surface area contributed by atoms with E-state index in [1.807, 2.05) is 54.1 Å². The standard InChI is InChI=1S/C19H17N3O2S2/c1-12-20-16(11-26-12)13-4-2-5-15(8-13)21-18(23)14-9-22(10-14)19(24)17-6-3-7-25-17/h2-8,11,14H,9-10H2,1H3,(H,21,23). The number of carbonyl (C=O) groups is 2. The van der Waals surface area contributed by atoms with Crippen molar-refractivity contribution in [2.75, 3.05) is 18.4 Å². The molecule has 1 fully saturated rings. The summed E-state index contributed by atoms with van der Waals surface area (Å²) in [7, 11) is 0. The highest BCUT2D eigenvalue weighted by Gasteiger charge is 2.36.